The Morgan fingerprint density at radius 1 is 1.00 bits per heavy atom. The summed E-state index contributed by atoms with van der Waals surface area (Å²) in [6, 6.07) is 1.65. The minimum absolute atomic E-state index is 0.183. The van der Waals surface area contributed by atoms with Gasteiger partial charge in [-0.05, 0) is 32.9 Å². The van der Waals surface area contributed by atoms with Gasteiger partial charge in [0, 0.05) is 5.56 Å². The molecule has 5 heteroatoms. The molecule has 0 amide bonds. The zero-order valence-electron chi connectivity index (χ0n) is 10.6. The number of ketones is 1. The van der Waals surface area contributed by atoms with Crippen LogP contribution in [-0.2, 0) is 0 Å². The summed E-state index contributed by atoms with van der Waals surface area (Å²) in [5.41, 5.74) is 0.236. The lowest BCUT2D eigenvalue weighted by molar-refractivity contribution is 0.103. The summed E-state index contributed by atoms with van der Waals surface area (Å²) in [6.45, 7) is 4.88. The van der Waals surface area contributed by atoms with Gasteiger partial charge < -0.3 is 4.42 Å². The molecule has 0 N–H and O–H groups in total. The Morgan fingerprint density at radius 3 is 2.16 bits per heavy atom. The summed E-state index contributed by atoms with van der Waals surface area (Å²) in [7, 11) is 0. The molecule has 0 radical (unpaired) electrons. The van der Waals surface area contributed by atoms with Gasteiger partial charge in [-0.25, -0.2) is 13.2 Å². The highest BCUT2D eigenvalue weighted by atomic mass is 19.2. The van der Waals surface area contributed by atoms with Crippen LogP contribution in [0.2, 0.25) is 0 Å². The second kappa shape index (κ2) is 4.57. The summed E-state index contributed by atoms with van der Waals surface area (Å²) in [5.74, 6) is -4.33. The quantitative estimate of drug-likeness (QED) is 0.611. The number of hydrogen-bond donors (Lipinski definition) is 0. The molecule has 0 aliphatic heterocycles. The van der Waals surface area contributed by atoms with E-state index < -0.39 is 28.8 Å². The van der Waals surface area contributed by atoms with Crippen LogP contribution >= 0.6 is 0 Å². The highest BCUT2D eigenvalue weighted by Gasteiger charge is 2.25. The van der Waals surface area contributed by atoms with Gasteiger partial charge in [0.1, 0.15) is 11.5 Å². The Kier molecular flexibility index (Phi) is 3.22. The number of aryl methyl sites for hydroxylation is 2. The molecule has 0 saturated carbocycles. The van der Waals surface area contributed by atoms with Crippen LogP contribution in [0.4, 0.5) is 13.2 Å². The lowest BCUT2D eigenvalue weighted by Crippen LogP contribution is -2.08. The second-order valence-electron chi connectivity index (χ2n) is 4.27. The second-order valence-corrected chi connectivity index (χ2v) is 4.27. The lowest BCUT2D eigenvalue weighted by atomic mass is 9.99. The molecule has 0 atom stereocenters. The monoisotopic (exact) mass is 268 g/mol. The first kappa shape index (κ1) is 13.4. The standard InChI is InChI=1S/C14H11F3O2/c1-6-7(2)19-8(3)11(6)14(18)9-4-5-10(15)13(17)12(9)16/h4-5H,1-3H3. The maximum atomic E-state index is 13.6. The van der Waals surface area contributed by atoms with Gasteiger partial charge in [-0.2, -0.15) is 0 Å². The Morgan fingerprint density at radius 2 is 1.63 bits per heavy atom. The number of furan rings is 1. The van der Waals surface area contributed by atoms with E-state index >= 15 is 0 Å². The van der Waals surface area contributed by atoms with Crippen molar-refractivity contribution >= 4 is 5.78 Å². The van der Waals surface area contributed by atoms with Crippen molar-refractivity contribution in [3.63, 3.8) is 0 Å². The summed E-state index contributed by atoms with van der Waals surface area (Å²) < 4.78 is 44.9. The van der Waals surface area contributed by atoms with Gasteiger partial charge in [-0.1, -0.05) is 0 Å². The molecule has 1 aromatic carbocycles. The summed E-state index contributed by atoms with van der Waals surface area (Å²) in [6.07, 6.45) is 0. The van der Waals surface area contributed by atoms with Gasteiger partial charge in [0.15, 0.2) is 23.2 Å². The average molecular weight is 268 g/mol. The van der Waals surface area contributed by atoms with Crippen LogP contribution in [0.5, 0.6) is 0 Å². The van der Waals surface area contributed by atoms with E-state index in [2.05, 4.69) is 0 Å². The molecule has 0 saturated heterocycles. The van der Waals surface area contributed by atoms with Crippen LogP contribution in [0.3, 0.4) is 0 Å². The van der Waals surface area contributed by atoms with Gasteiger partial charge in [0.05, 0.1) is 11.1 Å². The predicted molar refractivity (Wildman–Crippen MR) is 62.7 cm³/mol. The summed E-state index contributed by atoms with van der Waals surface area (Å²) in [5, 5.41) is 0. The van der Waals surface area contributed by atoms with Crippen LogP contribution in [-0.4, -0.2) is 5.78 Å². The van der Waals surface area contributed by atoms with Crippen molar-refractivity contribution in [2.24, 2.45) is 0 Å². The Balaban J connectivity index is 2.60. The maximum absolute atomic E-state index is 13.6. The van der Waals surface area contributed by atoms with Crippen molar-refractivity contribution in [1.82, 2.24) is 0 Å². The van der Waals surface area contributed by atoms with E-state index in [9.17, 15) is 18.0 Å². The maximum Gasteiger partial charge on any atom is 0.199 e. The molecule has 0 spiro atoms. The number of halogens is 3. The molecule has 0 aliphatic carbocycles. The molecule has 100 valence electrons. The SMILES string of the molecule is Cc1oc(C)c(C(=O)c2ccc(F)c(F)c2F)c1C. The molecule has 0 bridgehead atoms. The van der Waals surface area contributed by atoms with Gasteiger partial charge in [-0.3, -0.25) is 4.79 Å². The minimum Gasteiger partial charge on any atom is -0.466 e. The van der Waals surface area contributed by atoms with Crippen molar-refractivity contribution in [3.8, 4) is 0 Å². The highest BCUT2D eigenvalue weighted by Crippen LogP contribution is 2.25. The molecule has 2 aromatic rings. The molecular formula is C14H11F3O2. The predicted octanol–water partition coefficient (Wildman–Crippen LogP) is 3.85. The first-order valence-corrected chi connectivity index (χ1v) is 5.59. The average Bonchev–Trinajstić information content (AvgIpc) is 2.60. The van der Waals surface area contributed by atoms with Crippen LogP contribution in [0.1, 0.15) is 33.0 Å². The Hall–Kier alpha value is -2.04. The molecular weight excluding hydrogens is 257 g/mol. The topological polar surface area (TPSA) is 30.2 Å². The Bertz CT molecular complexity index is 672. The van der Waals surface area contributed by atoms with Crippen LogP contribution in [0.25, 0.3) is 0 Å². The van der Waals surface area contributed by atoms with Crippen LogP contribution in [0, 0.1) is 38.2 Å². The zero-order valence-corrected chi connectivity index (χ0v) is 10.6. The van der Waals surface area contributed by atoms with Crippen molar-refractivity contribution in [1.29, 1.82) is 0 Å². The summed E-state index contributed by atoms with van der Waals surface area (Å²) >= 11 is 0. The summed E-state index contributed by atoms with van der Waals surface area (Å²) in [4.78, 5) is 12.2. The van der Waals surface area contributed by atoms with E-state index in [0.29, 0.717) is 17.1 Å². The number of rotatable bonds is 2. The van der Waals surface area contributed by atoms with E-state index in [1.807, 2.05) is 0 Å². The van der Waals surface area contributed by atoms with E-state index in [1.165, 1.54) is 0 Å². The number of carbonyl (C=O) groups excluding carboxylic acids is 1. The van der Waals surface area contributed by atoms with Crippen molar-refractivity contribution < 1.29 is 22.4 Å². The van der Waals surface area contributed by atoms with Crippen molar-refractivity contribution in [2.75, 3.05) is 0 Å². The molecule has 2 nitrogen and oxygen atoms in total. The van der Waals surface area contributed by atoms with E-state index in [-0.39, 0.29) is 5.56 Å². The largest absolute Gasteiger partial charge is 0.466 e. The molecule has 19 heavy (non-hydrogen) atoms. The molecule has 0 unspecified atom stereocenters. The van der Waals surface area contributed by atoms with Crippen LogP contribution in [0.15, 0.2) is 16.5 Å². The third kappa shape index (κ3) is 2.05. The lowest BCUT2D eigenvalue weighted by Gasteiger charge is -2.04. The molecule has 1 aromatic heterocycles. The molecule has 2 rings (SSSR count). The third-order valence-electron chi connectivity index (χ3n) is 3.07. The normalized spacial score (nSPS) is 10.8. The van der Waals surface area contributed by atoms with Gasteiger partial charge in [0.2, 0.25) is 0 Å². The van der Waals surface area contributed by atoms with E-state index in [1.54, 1.807) is 20.8 Å². The van der Waals surface area contributed by atoms with Gasteiger partial charge in [0.25, 0.3) is 0 Å². The number of carbonyl (C=O) groups is 1. The fourth-order valence-corrected chi connectivity index (χ4v) is 1.96. The molecule has 1 heterocycles. The van der Waals surface area contributed by atoms with Gasteiger partial charge >= 0.3 is 0 Å². The zero-order chi connectivity index (χ0) is 14.3. The molecule has 0 fully saturated rings. The highest BCUT2D eigenvalue weighted by molar-refractivity contribution is 6.10. The third-order valence-corrected chi connectivity index (χ3v) is 3.07. The number of hydrogen-bond acceptors (Lipinski definition) is 2. The fraction of sp³-hybridized carbons (Fsp3) is 0.214. The Labute approximate surface area is 107 Å². The van der Waals surface area contributed by atoms with Crippen molar-refractivity contribution in [2.45, 2.75) is 20.8 Å². The minimum atomic E-state index is -1.65. The van der Waals surface area contributed by atoms with Gasteiger partial charge in [-0.15, -0.1) is 0 Å². The molecule has 0 aliphatic rings. The first-order chi connectivity index (χ1) is 8.84. The van der Waals surface area contributed by atoms with Crippen molar-refractivity contribution in [3.05, 3.63) is 57.8 Å². The fourth-order valence-electron chi connectivity index (χ4n) is 1.96. The van der Waals surface area contributed by atoms with E-state index in [0.717, 1.165) is 12.1 Å². The first-order valence-electron chi connectivity index (χ1n) is 5.59. The number of benzene rings is 1. The van der Waals surface area contributed by atoms with Crippen LogP contribution < -0.4 is 0 Å². The van der Waals surface area contributed by atoms with E-state index in [4.69, 9.17) is 4.42 Å². The smallest absolute Gasteiger partial charge is 0.199 e.